The molecular weight excluding hydrogens is 286 g/mol. The van der Waals surface area contributed by atoms with Crippen LogP contribution in [0.5, 0.6) is 0 Å². The molecule has 8 nitrogen and oxygen atoms in total. The molecule has 1 aliphatic rings. The lowest BCUT2D eigenvalue weighted by molar-refractivity contribution is -0.139. The van der Waals surface area contributed by atoms with Gasteiger partial charge in [-0.3, -0.25) is 9.59 Å². The van der Waals surface area contributed by atoms with Crippen molar-refractivity contribution in [3.05, 3.63) is 18.0 Å². The summed E-state index contributed by atoms with van der Waals surface area (Å²) in [6.45, 7) is 0.352. The number of rotatable bonds is 5. The fraction of sp³-hybridized carbons (Fsp3) is 0.455. The summed E-state index contributed by atoms with van der Waals surface area (Å²) in [7, 11) is -2.16. The van der Waals surface area contributed by atoms with Crippen LogP contribution < -0.4 is 5.73 Å². The summed E-state index contributed by atoms with van der Waals surface area (Å²) in [5.74, 6) is -1.81. The van der Waals surface area contributed by atoms with E-state index in [-0.39, 0.29) is 36.0 Å². The monoisotopic (exact) mass is 301 g/mol. The molecular formula is C11H15N3O5S. The Labute approximate surface area is 115 Å². The van der Waals surface area contributed by atoms with Crippen molar-refractivity contribution >= 4 is 21.9 Å². The number of nitrogens with two attached hydrogens (primary N) is 1. The number of carbonyl (C=O) groups excluding carboxylic acids is 1. The van der Waals surface area contributed by atoms with Crippen molar-refractivity contribution in [3.63, 3.8) is 0 Å². The molecule has 20 heavy (non-hydrogen) atoms. The van der Waals surface area contributed by atoms with Crippen LogP contribution in [-0.4, -0.2) is 47.4 Å². The van der Waals surface area contributed by atoms with Crippen molar-refractivity contribution in [1.82, 2.24) is 8.87 Å². The van der Waals surface area contributed by atoms with Gasteiger partial charge in [-0.2, -0.15) is 4.31 Å². The summed E-state index contributed by atoms with van der Waals surface area (Å²) in [5, 5.41) is 8.63. The standard InChI is InChI=1S/C11H15N3O5S/c1-13-6-8(3-9(13)11(12)17)20(18,19)14-4-7(5-14)2-10(15)16/h3,6-7H,2,4-5H2,1H3,(H2,12,17)(H,15,16). The van der Waals surface area contributed by atoms with E-state index < -0.39 is 21.9 Å². The summed E-state index contributed by atoms with van der Waals surface area (Å²) >= 11 is 0. The van der Waals surface area contributed by atoms with Crippen molar-refractivity contribution in [2.24, 2.45) is 18.7 Å². The Hall–Kier alpha value is -1.87. The first kappa shape index (κ1) is 14.5. The molecule has 0 saturated carbocycles. The number of carbonyl (C=O) groups is 2. The quantitative estimate of drug-likeness (QED) is 0.738. The average Bonchev–Trinajstić information content (AvgIpc) is 2.65. The van der Waals surface area contributed by atoms with E-state index in [0.29, 0.717) is 0 Å². The summed E-state index contributed by atoms with van der Waals surface area (Å²) in [5.41, 5.74) is 5.24. The topological polar surface area (TPSA) is 123 Å². The second kappa shape index (κ2) is 4.91. The van der Waals surface area contributed by atoms with Gasteiger partial charge in [0, 0.05) is 26.3 Å². The number of amides is 1. The molecule has 9 heteroatoms. The highest BCUT2D eigenvalue weighted by Gasteiger charge is 2.38. The average molecular weight is 301 g/mol. The molecule has 1 fully saturated rings. The van der Waals surface area contributed by atoms with Gasteiger partial charge in [-0.25, -0.2) is 8.42 Å². The zero-order valence-electron chi connectivity index (χ0n) is 10.8. The first-order valence-corrected chi connectivity index (χ1v) is 7.34. The van der Waals surface area contributed by atoms with Gasteiger partial charge in [0.05, 0.1) is 6.42 Å². The van der Waals surface area contributed by atoms with E-state index in [4.69, 9.17) is 10.8 Å². The van der Waals surface area contributed by atoms with Crippen LogP contribution in [0.2, 0.25) is 0 Å². The molecule has 0 spiro atoms. The number of nitrogens with zero attached hydrogens (tertiary/aromatic N) is 2. The Morgan fingerprint density at radius 2 is 2.05 bits per heavy atom. The minimum Gasteiger partial charge on any atom is -0.481 e. The molecule has 1 amide bonds. The largest absolute Gasteiger partial charge is 0.481 e. The molecule has 2 heterocycles. The SMILES string of the molecule is Cn1cc(S(=O)(=O)N2CC(CC(=O)O)C2)cc1C(N)=O. The van der Waals surface area contributed by atoms with Crippen molar-refractivity contribution in [2.45, 2.75) is 11.3 Å². The van der Waals surface area contributed by atoms with Crippen LogP contribution >= 0.6 is 0 Å². The number of sulfonamides is 1. The van der Waals surface area contributed by atoms with Crippen LogP contribution in [0.3, 0.4) is 0 Å². The van der Waals surface area contributed by atoms with Gasteiger partial charge >= 0.3 is 5.97 Å². The molecule has 1 saturated heterocycles. The van der Waals surface area contributed by atoms with Crippen LogP contribution in [-0.2, 0) is 21.9 Å². The number of primary amides is 1. The molecule has 0 aromatic carbocycles. The third-order valence-corrected chi connectivity index (χ3v) is 5.05. The van der Waals surface area contributed by atoms with Crippen LogP contribution in [0, 0.1) is 5.92 Å². The van der Waals surface area contributed by atoms with Crippen molar-refractivity contribution in [3.8, 4) is 0 Å². The van der Waals surface area contributed by atoms with Crippen molar-refractivity contribution < 1.29 is 23.1 Å². The normalized spacial score (nSPS) is 16.9. The summed E-state index contributed by atoms with van der Waals surface area (Å²) in [6.07, 6.45) is 1.27. The second-order valence-corrected chi connectivity index (χ2v) is 6.76. The first-order valence-electron chi connectivity index (χ1n) is 5.90. The fourth-order valence-corrected chi connectivity index (χ4v) is 3.83. The lowest BCUT2D eigenvalue weighted by Gasteiger charge is -2.36. The van der Waals surface area contributed by atoms with Gasteiger partial charge in [0.15, 0.2) is 0 Å². The molecule has 2 rings (SSSR count). The highest BCUT2D eigenvalue weighted by Crippen LogP contribution is 2.27. The molecule has 1 aromatic heterocycles. The molecule has 3 N–H and O–H groups in total. The minimum atomic E-state index is -3.69. The predicted octanol–water partition coefficient (Wildman–Crippen LogP) is -0.781. The highest BCUT2D eigenvalue weighted by atomic mass is 32.2. The molecule has 0 unspecified atom stereocenters. The van der Waals surface area contributed by atoms with Gasteiger partial charge in [0.2, 0.25) is 10.0 Å². The van der Waals surface area contributed by atoms with Crippen LogP contribution in [0.25, 0.3) is 0 Å². The maximum absolute atomic E-state index is 12.2. The molecule has 0 bridgehead atoms. The van der Waals surface area contributed by atoms with Gasteiger partial charge in [0.1, 0.15) is 10.6 Å². The molecule has 0 aliphatic carbocycles. The third kappa shape index (κ3) is 2.54. The summed E-state index contributed by atoms with van der Waals surface area (Å²) in [6, 6.07) is 1.22. The number of hydrogen-bond acceptors (Lipinski definition) is 4. The van der Waals surface area contributed by atoms with E-state index >= 15 is 0 Å². The van der Waals surface area contributed by atoms with Gasteiger partial charge < -0.3 is 15.4 Å². The Morgan fingerprint density at radius 1 is 1.45 bits per heavy atom. The molecule has 0 radical (unpaired) electrons. The van der Waals surface area contributed by atoms with Gasteiger partial charge in [-0.15, -0.1) is 0 Å². The van der Waals surface area contributed by atoms with Crippen LogP contribution in [0.15, 0.2) is 17.2 Å². The Morgan fingerprint density at radius 3 is 2.50 bits per heavy atom. The van der Waals surface area contributed by atoms with Crippen LogP contribution in [0.1, 0.15) is 16.9 Å². The van der Waals surface area contributed by atoms with E-state index in [1.165, 1.54) is 28.2 Å². The van der Waals surface area contributed by atoms with Crippen molar-refractivity contribution in [1.29, 1.82) is 0 Å². The van der Waals surface area contributed by atoms with E-state index in [2.05, 4.69) is 0 Å². The van der Waals surface area contributed by atoms with E-state index in [1.54, 1.807) is 0 Å². The van der Waals surface area contributed by atoms with Gasteiger partial charge in [0.25, 0.3) is 5.91 Å². The summed E-state index contributed by atoms with van der Waals surface area (Å²) in [4.78, 5) is 21.6. The third-order valence-electron chi connectivity index (χ3n) is 3.26. The maximum Gasteiger partial charge on any atom is 0.303 e. The van der Waals surface area contributed by atoms with Gasteiger partial charge in [-0.05, 0) is 12.0 Å². The molecule has 1 aromatic rings. The van der Waals surface area contributed by atoms with Gasteiger partial charge in [-0.1, -0.05) is 0 Å². The lowest BCUT2D eigenvalue weighted by Crippen LogP contribution is -2.50. The fourth-order valence-electron chi connectivity index (χ4n) is 2.16. The number of carboxylic acid groups (broad SMARTS) is 1. The maximum atomic E-state index is 12.2. The molecule has 1 aliphatic heterocycles. The zero-order valence-corrected chi connectivity index (χ0v) is 11.6. The second-order valence-electron chi connectivity index (χ2n) is 4.82. The zero-order chi connectivity index (χ0) is 15.1. The number of aliphatic carboxylic acids is 1. The van der Waals surface area contributed by atoms with E-state index in [9.17, 15) is 18.0 Å². The molecule has 0 atom stereocenters. The number of aryl methyl sites for hydroxylation is 1. The lowest BCUT2D eigenvalue weighted by atomic mass is 10.00. The van der Waals surface area contributed by atoms with E-state index in [1.807, 2.05) is 0 Å². The number of hydrogen-bond donors (Lipinski definition) is 2. The Kier molecular flexibility index (Phi) is 3.57. The molecule has 110 valence electrons. The Bertz CT molecular complexity index is 658. The first-order chi connectivity index (χ1) is 9.21. The number of carboxylic acids is 1. The minimum absolute atomic E-state index is 0.0115. The smallest absolute Gasteiger partial charge is 0.303 e. The van der Waals surface area contributed by atoms with Crippen molar-refractivity contribution in [2.75, 3.05) is 13.1 Å². The predicted molar refractivity (Wildman–Crippen MR) is 68.4 cm³/mol. The summed E-state index contributed by atoms with van der Waals surface area (Å²) < 4.78 is 27.0. The van der Waals surface area contributed by atoms with Crippen LogP contribution in [0.4, 0.5) is 0 Å². The van der Waals surface area contributed by atoms with E-state index in [0.717, 1.165) is 0 Å². The highest BCUT2D eigenvalue weighted by molar-refractivity contribution is 7.89. The number of aromatic nitrogens is 1. The Balaban J connectivity index is 2.15.